The van der Waals surface area contributed by atoms with Gasteiger partial charge in [0.15, 0.2) is 0 Å². The summed E-state index contributed by atoms with van der Waals surface area (Å²) in [6, 6.07) is 14.8. The molecule has 202 valence electrons. The normalized spacial score (nSPS) is 22.5. The van der Waals surface area contributed by atoms with Crippen LogP contribution in [0.5, 0.6) is 5.75 Å². The van der Waals surface area contributed by atoms with Crippen LogP contribution in [0.1, 0.15) is 44.1 Å². The van der Waals surface area contributed by atoms with E-state index in [9.17, 15) is 0 Å². The molecule has 2 aromatic carbocycles. The van der Waals surface area contributed by atoms with E-state index in [2.05, 4.69) is 81.4 Å². The Hall–Kier alpha value is -2.87. The molecule has 3 fully saturated rings. The van der Waals surface area contributed by atoms with Crippen LogP contribution in [-0.4, -0.2) is 84.6 Å². The van der Waals surface area contributed by atoms with Gasteiger partial charge in [-0.15, -0.1) is 0 Å². The second kappa shape index (κ2) is 11.1. The summed E-state index contributed by atoms with van der Waals surface area (Å²) in [6.07, 6.45) is 7.79. The lowest BCUT2D eigenvalue weighted by molar-refractivity contribution is -0.0354. The van der Waals surface area contributed by atoms with Crippen molar-refractivity contribution in [3.8, 4) is 17.0 Å². The maximum absolute atomic E-state index is 6.18. The molecule has 7 nitrogen and oxygen atoms in total. The number of hydrogen-bond acceptors (Lipinski definition) is 6. The predicted octanol–water partition coefficient (Wildman–Crippen LogP) is 4.91. The van der Waals surface area contributed by atoms with Crippen molar-refractivity contribution in [1.29, 1.82) is 0 Å². The summed E-state index contributed by atoms with van der Waals surface area (Å²) in [7, 11) is 2.14. The fraction of sp³-hybridized carbons (Fsp3) is 0.516. The second-order valence-electron chi connectivity index (χ2n) is 11.4. The van der Waals surface area contributed by atoms with E-state index in [1.165, 1.54) is 32.1 Å². The van der Waals surface area contributed by atoms with Crippen LogP contribution >= 0.6 is 0 Å². The average Bonchev–Trinajstić information content (AvgIpc) is 3.58. The van der Waals surface area contributed by atoms with Crippen LogP contribution in [0, 0.1) is 0 Å². The van der Waals surface area contributed by atoms with Crippen LogP contribution in [0.3, 0.4) is 0 Å². The third-order valence-electron chi connectivity index (χ3n) is 8.79. The molecule has 1 aliphatic carbocycles. The monoisotopic (exact) mass is 515 g/mol. The number of ether oxygens (including phenoxy) is 2. The maximum atomic E-state index is 6.18. The van der Waals surface area contributed by atoms with E-state index in [0.717, 1.165) is 91.5 Å². The van der Waals surface area contributed by atoms with Crippen molar-refractivity contribution in [2.24, 2.45) is 0 Å². The number of fused-ring (bicyclic) bond motifs is 1. The Bertz CT molecular complexity index is 1240. The van der Waals surface area contributed by atoms with Crippen molar-refractivity contribution in [1.82, 2.24) is 25.3 Å². The third-order valence-corrected chi connectivity index (χ3v) is 8.79. The minimum Gasteiger partial charge on any atom is -0.489 e. The molecular weight excluding hydrogens is 474 g/mol. The smallest absolute Gasteiger partial charge is 0.119 e. The molecule has 38 heavy (non-hydrogen) atoms. The van der Waals surface area contributed by atoms with Gasteiger partial charge in [0.1, 0.15) is 11.9 Å². The number of likely N-dealkylation sites (tertiary alicyclic amines) is 1. The van der Waals surface area contributed by atoms with Crippen molar-refractivity contribution in [3.63, 3.8) is 0 Å². The number of H-pyrrole nitrogens is 1. The van der Waals surface area contributed by atoms with Gasteiger partial charge in [0.05, 0.1) is 24.4 Å². The molecule has 3 aromatic rings. The number of morpholine rings is 1. The molecule has 2 N–H and O–H groups in total. The molecule has 3 aliphatic rings. The summed E-state index contributed by atoms with van der Waals surface area (Å²) in [5.41, 5.74) is 5.35. The van der Waals surface area contributed by atoms with Gasteiger partial charge in [-0.2, -0.15) is 5.10 Å². The van der Waals surface area contributed by atoms with Gasteiger partial charge in [-0.25, -0.2) is 0 Å². The molecule has 0 bridgehead atoms. The average molecular weight is 516 g/mol. The highest BCUT2D eigenvalue weighted by atomic mass is 16.5. The van der Waals surface area contributed by atoms with Gasteiger partial charge in [0, 0.05) is 54.9 Å². The first-order valence-electron chi connectivity index (χ1n) is 14.3. The SMILES string of the molecule is C=C(NCC1(N2CCOCC2)CCCCC1)c1ccc2[nH]nc(-c3ccc(OC4CCN(C)C4)cc3)c2c1. The third kappa shape index (κ3) is 5.33. The molecule has 2 aliphatic heterocycles. The number of rotatable bonds is 8. The van der Waals surface area contributed by atoms with Crippen molar-refractivity contribution in [2.45, 2.75) is 50.2 Å². The summed E-state index contributed by atoms with van der Waals surface area (Å²) in [6.45, 7) is 11.2. The molecule has 1 saturated carbocycles. The summed E-state index contributed by atoms with van der Waals surface area (Å²) in [4.78, 5) is 4.98. The summed E-state index contributed by atoms with van der Waals surface area (Å²) in [5.74, 6) is 0.920. The second-order valence-corrected chi connectivity index (χ2v) is 11.4. The quantitative estimate of drug-likeness (QED) is 0.445. The standard InChI is InChI=1S/C31H41N5O2/c1-23(32-22-31(13-4-3-5-14-31)36-16-18-37-19-17-36)25-8-11-29-28(20-25)30(34-33-29)24-6-9-26(10-7-24)38-27-12-15-35(2)21-27/h6-11,20,27,32H,1,3-5,12-19,21-22H2,2H3,(H,33,34). The lowest BCUT2D eigenvalue weighted by Crippen LogP contribution is -2.58. The van der Waals surface area contributed by atoms with Gasteiger partial charge in [-0.1, -0.05) is 31.9 Å². The Kier molecular flexibility index (Phi) is 7.41. The van der Waals surface area contributed by atoms with Gasteiger partial charge < -0.3 is 19.7 Å². The zero-order chi connectivity index (χ0) is 26.0. The Morgan fingerprint density at radius 2 is 1.89 bits per heavy atom. The van der Waals surface area contributed by atoms with Gasteiger partial charge in [0.2, 0.25) is 0 Å². The zero-order valence-electron chi connectivity index (χ0n) is 22.7. The first kappa shape index (κ1) is 25.4. The molecule has 1 unspecified atom stereocenters. The molecule has 7 heteroatoms. The number of benzene rings is 2. The lowest BCUT2D eigenvalue weighted by Gasteiger charge is -2.48. The van der Waals surface area contributed by atoms with E-state index < -0.39 is 0 Å². The van der Waals surface area contributed by atoms with Crippen LogP contribution in [0.15, 0.2) is 49.0 Å². The Labute approximate surface area is 226 Å². The van der Waals surface area contributed by atoms with Crippen molar-refractivity contribution in [3.05, 3.63) is 54.6 Å². The molecule has 0 spiro atoms. The number of nitrogens with zero attached hydrogens (tertiary/aromatic N) is 3. The molecule has 0 radical (unpaired) electrons. The topological polar surface area (TPSA) is 65.6 Å². The van der Waals surface area contributed by atoms with E-state index in [1.54, 1.807) is 0 Å². The summed E-state index contributed by atoms with van der Waals surface area (Å²) >= 11 is 0. The fourth-order valence-electron chi connectivity index (χ4n) is 6.52. The Morgan fingerprint density at radius 3 is 2.63 bits per heavy atom. The van der Waals surface area contributed by atoms with Crippen LogP contribution in [-0.2, 0) is 4.74 Å². The predicted molar refractivity (Wildman–Crippen MR) is 153 cm³/mol. The number of likely N-dealkylation sites (N-methyl/N-ethyl adjacent to an activating group) is 1. The highest BCUT2D eigenvalue weighted by molar-refractivity contribution is 5.94. The molecule has 6 rings (SSSR count). The zero-order valence-corrected chi connectivity index (χ0v) is 22.7. The highest BCUT2D eigenvalue weighted by Crippen LogP contribution is 2.35. The van der Waals surface area contributed by atoms with Crippen molar-refractivity contribution < 1.29 is 9.47 Å². The van der Waals surface area contributed by atoms with E-state index in [0.29, 0.717) is 0 Å². The van der Waals surface area contributed by atoms with Crippen LogP contribution in [0.25, 0.3) is 27.9 Å². The number of aromatic amines is 1. The van der Waals surface area contributed by atoms with Gasteiger partial charge in [-0.3, -0.25) is 10.00 Å². The van der Waals surface area contributed by atoms with E-state index in [4.69, 9.17) is 9.47 Å². The molecule has 1 atom stereocenters. The van der Waals surface area contributed by atoms with Crippen LogP contribution in [0.4, 0.5) is 0 Å². The number of hydrogen-bond donors (Lipinski definition) is 2. The fourth-order valence-corrected chi connectivity index (χ4v) is 6.52. The minimum atomic E-state index is 0.202. The van der Waals surface area contributed by atoms with E-state index >= 15 is 0 Å². The van der Waals surface area contributed by atoms with Gasteiger partial charge in [-0.05, 0) is 68.3 Å². The first-order chi connectivity index (χ1) is 18.6. The molecular formula is C31H41N5O2. The first-order valence-corrected chi connectivity index (χ1v) is 14.3. The maximum Gasteiger partial charge on any atom is 0.119 e. The molecule has 0 amide bonds. The molecule has 1 aromatic heterocycles. The van der Waals surface area contributed by atoms with E-state index in [1.807, 2.05) is 0 Å². The number of nitrogens with one attached hydrogen (secondary N) is 2. The largest absolute Gasteiger partial charge is 0.489 e. The highest BCUT2D eigenvalue weighted by Gasteiger charge is 2.38. The summed E-state index contributed by atoms with van der Waals surface area (Å²) in [5, 5.41) is 12.7. The number of aromatic nitrogens is 2. The Morgan fingerprint density at radius 1 is 1.11 bits per heavy atom. The van der Waals surface area contributed by atoms with Gasteiger partial charge in [0.25, 0.3) is 0 Å². The van der Waals surface area contributed by atoms with Crippen molar-refractivity contribution in [2.75, 3.05) is 53.0 Å². The van der Waals surface area contributed by atoms with E-state index in [-0.39, 0.29) is 11.6 Å². The van der Waals surface area contributed by atoms with Gasteiger partial charge >= 0.3 is 0 Å². The minimum absolute atomic E-state index is 0.202. The lowest BCUT2D eigenvalue weighted by atomic mass is 9.79. The van der Waals surface area contributed by atoms with Crippen molar-refractivity contribution >= 4 is 16.6 Å². The van der Waals surface area contributed by atoms with Crippen LogP contribution < -0.4 is 10.1 Å². The molecule has 3 heterocycles. The Balaban J connectivity index is 1.16. The summed E-state index contributed by atoms with van der Waals surface area (Å²) < 4.78 is 11.8. The van der Waals surface area contributed by atoms with Crippen LogP contribution in [0.2, 0.25) is 0 Å². The molecule has 2 saturated heterocycles.